The van der Waals surface area contributed by atoms with E-state index in [1.54, 1.807) is 13.8 Å². The standard InChI is InChI=1S/C16H20N2O6/c1-3-21-15(19)13-11(5-7-23-13)9-17-18-10-12-6-8-24-14(12)16(20)22-4-2/h9-10H,3-8H2,1-2H3/b17-9+,18-10+. The normalized spacial score (nSPS) is 17.6. The van der Waals surface area contributed by atoms with Crippen molar-refractivity contribution < 1.29 is 28.5 Å². The smallest absolute Gasteiger partial charge is 0.373 e. The molecule has 8 nitrogen and oxygen atoms in total. The molecule has 0 radical (unpaired) electrons. The number of esters is 2. The first-order valence-corrected chi connectivity index (χ1v) is 7.79. The van der Waals surface area contributed by atoms with Crippen molar-refractivity contribution in [3.05, 3.63) is 22.7 Å². The molecule has 24 heavy (non-hydrogen) atoms. The molecule has 2 rings (SSSR count). The lowest BCUT2D eigenvalue weighted by Gasteiger charge is -2.03. The van der Waals surface area contributed by atoms with Gasteiger partial charge in [0, 0.05) is 24.0 Å². The van der Waals surface area contributed by atoms with Gasteiger partial charge in [-0.25, -0.2) is 9.59 Å². The van der Waals surface area contributed by atoms with Crippen LogP contribution in [-0.2, 0) is 28.5 Å². The lowest BCUT2D eigenvalue weighted by molar-refractivity contribution is -0.143. The molecule has 130 valence electrons. The first-order chi connectivity index (χ1) is 11.7. The summed E-state index contributed by atoms with van der Waals surface area (Å²) in [4.78, 5) is 23.4. The fraction of sp³-hybridized carbons (Fsp3) is 0.500. The van der Waals surface area contributed by atoms with Crippen LogP contribution in [0.2, 0.25) is 0 Å². The molecule has 0 aromatic rings. The zero-order valence-electron chi connectivity index (χ0n) is 13.7. The second-order valence-electron chi connectivity index (χ2n) is 4.84. The van der Waals surface area contributed by atoms with Gasteiger partial charge in [-0.05, 0) is 13.8 Å². The summed E-state index contributed by atoms with van der Waals surface area (Å²) in [6.45, 7) is 4.82. The number of hydrogen-bond acceptors (Lipinski definition) is 8. The molecule has 2 heterocycles. The number of hydrogen-bond donors (Lipinski definition) is 0. The van der Waals surface area contributed by atoms with E-state index in [1.165, 1.54) is 12.4 Å². The second-order valence-corrected chi connectivity index (χ2v) is 4.84. The van der Waals surface area contributed by atoms with Crippen LogP contribution in [0.1, 0.15) is 26.7 Å². The summed E-state index contributed by atoms with van der Waals surface area (Å²) in [6, 6.07) is 0. The molecule has 0 saturated carbocycles. The van der Waals surface area contributed by atoms with Gasteiger partial charge in [0.2, 0.25) is 11.5 Å². The first-order valence-electron chi connectivity index (χ1n) is 7.79. The van der Waals surface area contributed by atoms with Crippen molar-refractivity contribution >= 4 is 24.4 Å². The largest absolute Gasteiger partial charge is 0.486 e. The molecule has 8 heteroatoms. The van der Waals surface area contributed by atoms with Crippen LogP contribution >= 0.6 is 0 Å². The van der Waals surface area contributed by atoms with Gasteiger partial charge in [0.25, 0.3) is 0 Å². The van der Waals surface area contributed by atoms with Crippen LogP contribution in [0, 0.1) is 0 Å². The Bertz CT molecular complexity index is 564. The number of ether oxygens (including phenoxy) is 4. The van der Waals surface area contributed by atoms with Crippen molar-refractivity contribution in [3.8, 4) is 0 Å². The number of rotatable bonds is 7. The van der Waals surface area contributed by atoms with Gasteiger partial charge in [-0.15, -0.1) is 0 Å². The average Bonchev–Trinajstić information content (AvgIpc) is 3.21. The third-order valence-corrected chi connectivity index (χ3v) is 3.23. The van der Waals surface area contributed by atoms with E-state index in [0.717, 1.165) is 0 Å². The van der Waals surface area contributed by atoms with Gasteiger partial charge in [-0.2, -0.15) is 10.2 Å². The summed E-state index contributed by atoms with van der Waals surface area (Å²) in [7, 11) is 0. The van der Waals surface area contributed by atoms with Crippen molar-refractivity contribution in [2.45, 2.75) is 26.7 Å². The minimum atomic E-state index is -0.503. The topological polar surface area (TPSA) is 95.8 Å². The molecule has 0 aliphatic carbocycles. The molecule has 2 aliphatic rings. The first kappa shape index (κ1) is 17.7. The van der Waals surface area contributed by atoms with Crippen LogP contribution in [-0.4, -0.2) is 50.8 Å². The Morgan fingerprint density at radius 2 is 1.33 bits per heavy atom. The van der Waals surface area contributed by atoms with Gasteiger partial charge < -0.3 is 18.9 Å². The Labute approximate surface area is 139 Å². The SMILES string of the molecule is CCOC(=O)C1=C(/C=N/N=C/C2=C(C(=O)OCC)OCC2)CCO1. The van der Waals surface area contributed by atoms with E-state index >= 15 is 0 Å². The summed E-state index contributed by atoms with van der Waals surface area (Å²) in [5.41, 5.74) is 1.26. The number of carbonyl (C=O) groups is 2. The summed E-state index contributed by atoms with van der Waals surface area (Å²) in [5.74, 6) is -0.660. The van der Waals surface area contributed by atoms with E-state index in [2.05, 4.69) is 10.2 Å². The molecule has 0 fully saturated rings. The van der Waals surface area contributed by atoms with Crippen molar-refractivity contribution in [2.24, 2.45) is 10.2 Å². The Morgan fingerprint density at radius 3 is 1.71 bits per heavy atom. The predicted molar refractivity (Wildman–Crippen MR) is 85.4 cm³/mol. The Hall–Kier alpha value is -2.64. The van der Waals surface area contributed by atoms with E-state index < -0.39 is 11.9 Å². The maximum absolute atomic E-state index is 11.7. The third kappa shape index (κ3) is 4.43. The number of nitrogens with zero attached hydrogens (tertiary/aromatic N) is 2. The zero-order valence-corrected chi connectivity index (χ0v) is 13.7. The van der Waals surface area contributed by atoms with Gasteiger partial charge in [0.05, 0.1) is 38.9 Å². The van der Waals surface area contributed by atoms with Crippen molar-refractivity contribution in [2.75, 3.05) is 26.4 Å². The lowest BCUT2D eigenvalue weighted by atomic mass is 10.2. The fourth-order valence-corrected chi connectivity index (χ4v) is 2.16. The molecule has 0 amide bonds. The van der Waals surface area contributed by atoms with Crippen molar-refractivity contribution in [1.82, 2.24) is 0 Å². The monoisotopic (exact) mass is 336 g/mol. The highest BCUT2D eigenvalue weighted by Crippen LogP contribution is 2.20. The summed E-state index contributed by atoms with van der Waals surface area (Å²) in [5, 5.41) is 7.81. The van der Waals surface area contributed by atoms with E-state index in [1.807, 2.05) is 0 Å². The molecular formula is C16H20N2O6. The third-order valence-electron chi connectivity index (χ3n) is 3.23. The highest BCUT2D eigenvalue weighted by Gasteiger charge is 2.24. The highest BCUT2D eigenvalue weighted by molar-refractivity contribution is 5.97. The summed E-state index contributed by atoms with van der Waals surface area (Å²) >= 11 is 0. The zero-order chi connectivity index (χ0) is 17.4. The maximum Gasteiger partial charge on any atom is 0.373 e. The quantitative estimate of drug-likeness (QED) is 0.397. The van der Waals surface area contributed by atoms with Gasteiger partial charge >= 0.3 is 11.9 Å². The van der Waals surface area contributed by atoms with E-state index in [0.29, 0.717) is 37.2 Å². The highest BCUT2D eigenvalue weighted by atomic mass is 16.6. The predicted octanol–water partition coefficient (Wildman–Crippen LogP) is 1.52. The molecule has 0 atom stereocenters. The molecular weight excluding hydrogens is 316 g/mol. The molecule has 0 bridgehead atoms. The maximum atomic E-state index is 11.7. The molecule has 0 aromatic carbocycles. The second kappa shape index (κ2) is 8.85. The van der Waals surface area contributed by atoms with Crippen molar-refractivity contribution in [3.63, 3.8) is 0 Å². The van der Waals surface area contributed by atoms with Gasteiger partial charge in [-0.1, -0.05) is 0 Å². The molecule has 0 saturated heterocycles. The van der Waals surface area contributed by atoms with Crippen LogP contribution in [0.5, 0.6) is 0 Å². The Morgan fingerprint density at radius 1 is 0.917 bits per heavy atom. The van der Waals surface area contributed by atoms with E-state index in [4.69, 9.17) is 18.9 Å². The minimum absolute atomic E-state index is 0.173. The van der Waals surface area contributed by atoms with Crippen LogP contribution < -0.4 is 0 Å². The Balaban J connectivity index is 2.03. The average molecular weight is 336 g/mol. The summed E-state index contributed by atoms with van der Waals surface area (Å²) in [6.07, 6.45) is 4.03. The molecule has 0 N–H and O–H groups in total. The van der Waals surface area contributed by atoms with E-state index in [-0.39, 0.29) is 24.7 Å². The molecule has 0 spiro atoms. The fourth-order valence-electron chi connectivity index (χ4n) is 2.16. The molecule has 0 aromatic heterocycles. The van der Waals surface area contributed by atoms with Crippen molar-refractivity contribution in [1.29, 1.82) is 0 Å². The minimum Gasteiger partial charge on any atom is -0.486 e. The summed E-state index contributed by atoms with van der Waals surface area (Å²) < 4.78 is 20.3. The molecule has 2 aliphatic heterocycles. The van der Waals surface area contributed by atoms with Crippen LogP contribution in [0.15, 0.2) is 32.9 Å². The van der Waals surface area contributed by atoms with Gasteiger partial charge in [-0.3, -0.25) is 0 Å². The lowest BCUT2D eigenvalue weighted by Crippen LogP contribution is -2.09. The van der Waals surface area contributed by atoms with E-state index in [9.17, 15) is 9.59 Å². The number of carbonyl (C=O) groups excluding carboxylic acids is 2. The van der Waals surface area contributed by atoms with Gasteiger partial charge in [0.15, 0.2) is 0 Å². The van der Waals surface area contributed by atoms with Crippen LogP contribution in [0.3, 0.4) is 0 Å². The van der Waals surface area contributed by atoms with Crippen LogP contribution in [0.25, 0.3) is 0 Å². The Kier molecular flexibility index (Phi) is 6.53. The van der Waals surface area contributed by atoms with Crippen LogP contribution in [0.4, 0.5) is 0 Å². The molecule has 0 unspecified atom stereocenters. The van der Waals surface area contributed by atoms with Gasteiger partial charge in [0.1, 0.15) is 0 Å².